The SMILES string of the molecule is Cc1ccc(C(=O)Nc2ccc3c(=O)oncc3c2)cc1C(=O)O. The number of hydrogen-bond acceptors (Lipinski definition) is 5. The zero-order chi connectivity index (χ0) is 17.3. The second kappa shape index (κ2) is 5.96. The first-order valence-electron chi connectivity index (χ1n) is 7.00. The number of amides is 1. The third kappa shape index (κ3) is 2.87. The van der Waals surface area contributed by atoms with E-state index in [0.29, 0.717) is 22.0 Å². The van der Waals surface area contributed by atoms with Gasteiger partial charge < -0.3 is 14.9 Å². The van der Waals surface area contributed by atoms with Gasteiger partial charge in [0.05, 0.1) is 17.1 Å². The average molecular weight is 324 g/mol. The minimum Gasteiger partial charge on any atom is -0.478 e. The molecule has 0 aliphatic heterocycles. The first-order valence-corrected chi connectivity index (χ1v) is 7.00. The number of benzene rings is 2. The van der Waals surface area contributed by atoms with E-state index in [1.54, 1.807) is 31.2 Å². The van der Waals surface area contributed by atoms with Crippen LogP contribution in [0.2, 0.25) is 0 Å². The highest BCUT2D eigenvalue weighted by Gasteiger charge is 2.13. The fourth-order valence-electron chi connectivity index (χ4n) is 2.31. The molecule has 2 N–H and O–H groups in total. The van der Waals surface area contributed by atoms with Gasteiger partial charge in [0.25, 0.3) is 5.91 Å². The van der Waals surface area contributed by atoms with Crippen LogP contribution in [0.15, 0.2) is 51.9 Å². The Morgan fingerprint density at radius 3 is 2.71 bits per heavy atom. The molecule has 24 heavy (non-hydrogen) atoms. The number of fused-ring (bicyclic) bond motifs is 1. The number of carboxylic acid groups (broad SMARTS) is 1. The first-order chi connectivity index (χ1) is 11.5. The zero-order valence-electron chi connectivity index (χ0n) is 12.6. The van der Waals surface area contributed by atoms with Crippen LogP contribution in [0.25, 0.3) is 10.8 Å². The molecule has 3 aromatic rings. The normalized spacial score (nSPS) is 10.5. The quantitative estimate of drug-likeness (QED) is 0.766. The molecule has 0 radical (unpaired) electrons. The Morgan fingerprint density at radius 1 is 1.17 bits per heavy atom. The molecule has 3 rings (SSSR count). The molecule has 0 spiro atoms. The van der Waals surface area contributed by atoms with E-state index in [0.717, 1.165) is 0 Å². The number of aromatic carboxylic acids is 1. The molecular formula is C17H12N2O5. The molecule has 1 amide bonds. The molecule has 0 fully saturated rings. The maximum absolute atomic E-state index is 12.3. The van der Waals surface area contributed by atoms with Crippen molar-refractivity contribution in [3.8, 4) is 0 Å². The summed E-state index contributed by atoms with van der Waals surface area (Å²) in [5.74, 6) is -1.54. The average Bonchev–Trinajstić information content (AvgIpc) is 2.55. The van der Waals surface area contributed by atoms with Gasteiger partial charge in [0.2, 0.25) is 0 Å². The Morgan fingerprint density at radius 2 is 1.96 bits per heavy atom. The largest absolute Gasteiger partial charge is 0.478 e. The molecule has 0 aliphatic rings. The topological polar surface area (TPSA) is 110 Å². The fourth-order valence-corrected chi connectivity index (χ4v) is 2.31. The Bertz CT molecular complexity index is 1020. The minimum atomic E-state index is -1.09. The summed E-state index contributed by atoms with van der Waals surface area (Å²) in [4.78, 5) is 35.0. The molecule has 2 aromatic carbocycles. The lowest BCUT2D eigenvalue weighted by Gasteiger charge is -2.08. The highest BCUT2D eigenvalue weighted by Crippen LogP contribution is 2.18. The molecular weight excluding hydrogens is 312 g/mol. The van der Waals surface area contributed by atoms with Crippen LogP contribution in [0.5, 0.6) is 0 Å². The van der Waals surface area contributed by atoms with Gasteiger partial charge in [-0.1, -0.05) is 11.2 Å². The van der Waals surface area contributed by atoms with Crippen molar-refractivity contribution in [1.29, 1.82) is 0 Å². The number of carbonyl (C=O) groups excluding carboxylic acids is 1. The number of carbonyl (C=O) groups is 2. The molecule has 0 saturated carbocycles. The number of carboxylic acids is 1. The summed E-state index contributed by atoms with van der Waals surface area (Å²) >= 11 is 0. The number of rotatable bonds is 3. The third-order valence-corrected chi connectivity index (χ3v) is 3.59. The zero-order valence-corrected chi connectivity index (χ0v) is 12.6. The van der Waals surface area contributed by atoms with Gasteiger partial charge in [-0.3, -0.25) is 4.79 Å². The van der Waals surface area contributed by atoms with Crippen LogP contribution >= 0.6 is 0 Å². The van der Waals surface area contributed by atoms with Crippen LogP contribution in [-0.4, -0.2) is 22.1 Å². The molecule has 1 heterocycles. The Hall–Kier alpha value is -3.48. The third-order valence-electron chi connectivity index (χ3n) is 3.59. The fraction of sp³-hybridized carbons (Fsp3) is 0.0588. The summed E-state index contributed by atoms with van der Waals surface area (Å²) in [5.41, 5.74) is 0.765. The van der Waals surface area contributed by atoms with Crippen LogP contribution < -0.4 is 10.9 Å². The van der Waals surface area contributed by atoms with Crippen molar-refractivity contribution in [3.05, 3.63) is 69.7 Å². The van der Waals surface area contributed by atoms with E-state index in [1.807, 2.05) is 0 Å². The standard InChI is InChI=1S/C17H12N2O5/c1-9-2-3-10(7-14(9)16(21)22)15(20)19-12-4-5-13-11(6-12)8-18-24-17(13)23/h2-8H,1H3,(H,19,20)(H,21,22). The lowest BCUT2D eigenvalue weighted by Crippen LogP contribution is -2.13. The number of aryl methyl sites for hydroxylation is 1. The second-order valence-corrected chi connectivity index (χ2v) is 5.20. The molecule has 0 saturated heterocycles. The molecule has 7 nitrogen and oxygen atoms in total. The van der Waals surface area contributed by atoms with Crippen molar-refractivity contribution >= 4 is 28.3 Å². The van der Waals surface area contributed by atoms with E-state index < -0.39 is 17.5 Å². The van der Waals surface area contributed by atoms with E-state index in [9.17, 15) is 14.4 Å². The summed E-state index contributed by atoms with van der Waals surface area (Å²) in [5, 5.41) is 16.1. The molecule has 0 bridgehead atoms. The van der Waals surface area contributed by atoms with E-state index in [1.165, 1.54) is 18.3 Å². The number of nitrogens with zero attached hydrogens (tertiary/aromatic N) is 1. The predicted octanol–water partition coefficient (Wildman–Crippen LogP) is 2.45. The summed E-state index contributed by atoms with van der Waals surface area (Å²) < 4.78 is 4.53. The van der Waals surface area contributed by atoms with Crippen molar-refractivity contribution in [3.63, 3.8) is 0 Å². The van der Waals surface area contributed by atoms with E-state index >= 15 is 0 Å². The van der Waals surface area contributed by atoms with Crippen molar-refractivity contribution in [2.45, 2.75) is 6.92 Å². The summed E-state index contributed by atoms with van der Waals surface area (Å²) in [7, 11) is 0. The smallest absolute Gasteiger partial charge is 0.366 e. The van der Waals surface area contributed by atoms with Crippen molar-refractivity contribution in [2.75, 3.05) is 5.32 Å². The van der Waals surface area contributed by atoms with Gasteiger partial charge in [0.15, 0.2) is 0 Å². The van der Waals surface area contributed by atoms with Crippen LogP contribution in [0.3, 0.4) is 0 Å². The van der Waals surface area contributed by atoms with Crippen molar-refractivity contribution in [2.24, 2.45) is 0 Å². The number of nitrogens with one attached hydrogen (secondary N) is 1. The highest BCUT2D eigenvalue weighted by atomic mass is 16.5. The van der Waals surface area contributed by atoms with Gasteiger partial charge in [-0.25, -0.2) is 9.59 Å². The van der Waals surface area contributed by atoms with E-state index in [4.69, 9.17) is 5.11 Å². The summed E-state index contributed by atoms with van der Waals surface area (Å²) in [6, 6.07) is 9.12. The van der Waals surface area contributed by atoms with Crippen LogP contribution in [0, 0.1) is 6.92 Å². The van der Waals surface area contributed by atoms with Crippen LogP contribution in [-0.2, 0) is 0 Å². The molecule has 120 valence electrons. The Labute approximate surface area is 135 Å². The van der Waals surface area contributed by atoms with Gasteiger partial charge in [0.1, 0.15) is 0 Å². The number of aromatic nitrogens is 1. The molecule has 0 atom stereocenters. The van der Waals surface area contributed by atoms with Crippen LogP contribution in [0.1, 0.15) is 26.3 Å². The second-order valence-electron chi connectivity index (χ2n) is 5.20. The molecule has 1 aromatic heterocycles. The minimum absolute atomic E-state index is 0.0722. The summed E-state index contributed by atoms with van der Waals surface area (Å²) in [6.07, 6.45) is 1.38. The Balaban J connectivity index is 1.91. The molecule has 0 unspecified atom stereocenters. The maximum atomic E-state index is 12.3. The monoisotopic (exact) mass is 324 g/mol. The van der Waals surface area contributed by atoms with Crippen LogP contribution in [0.4, 0.5) is 5.69 Å². The van der Waals surface area contributed by atoms with Crippen molar-refractivity contribution in [1.82, 2.24) is 5.16 Å². The van der Waals surface area contributed by atoms with Gasteiger partial charge in [-0.15, -0.1) is 0 Å². The highest BCUT2D eigenvalue weighted by molar-refractivity contribution is 6.06. The lowest BCUT2D eigenvalue weighted by atomic mass is 10.0. The Kier molecular flexibility index (Phi) is 3.83. The van der Waals surface area contributed by atoms with Crippen molar-refractivity contribution < 1.29 is 19.2 Å². The predicted molar refractivity (Wildman–Crippen MR) is 86.4 cm³/mol. The van der Waals surface area contributed by atoms with Gasteiger partial charge in [-0.2, -0.15) is 0 Å². The molecule has 7 heteroatoms. The lowest BCUT2D eigenvalue weighted by molar-refractivity contribution is 0.0696. The van der Waals surface area contributed by atoms with Gasteiger partial charge in [-0.05, 0) is 42.8 Å². The summed E-state index contributed by atoms with van der Waals surface area (Å²) in [6.45, 7) is 1.66. The first kappa shape index (κ1) is 15.4. The number of hydrogen-bond donors (Lipinski definition) is 2. The van der Waals surface area contributed by atoms with Gasteiger partial charge >= 0.3 is 11.6 Å². The molecule has 0 aliphatic carbocycles. The van der Waals surface area contributed by atoms with E-state index in [2.05, 4.69) is 15.0 Å². The number of anilines is 1. The maximum Gasteiger partial charge on any atom is 0.366 e. The van der Waals surface area contributed by atoms with Gasteiger partial charge in [0, 0.05) is 16.6 Å². The van der Waals surface area contributed by atoms with E-state index in [-0.39, 0.29) is 11.1 Å².